The van der Waals surface area contributed by atoms with Gasteiger partial charge in [-0.2, -0.15) is 5.10 Å². The fourth-order valence-corrected chi connectivity index (χ4v) is 3.34. The number of benzene rings is 1. The Bertz CT molecular complexity index is 663. The Kier molecular flexibility index (Phi) is 7.25. The van der Waals surface area contributed by atoms with E-state index in [0.29, 0.717) is 25.5 Å². The molecule has 1 aromatic heterocycles. The number of rotatable bonds is 9. The number of carbonyl (C=O) groups excluding carboxylic acids is 1. The number of carbonyl (C=O) groups is 1. The van der Waals surface area contributed by atoms with Gasteiger partial charge in [0.25, 0.3) is 0 Å². The van der Waals surface area contributed by atoms with Gasteiger partial charge in [-0.3, -0.25) is 4.79 Å². The van der Waals surface area contributed by atoms with Gasteiger partial charge in [-0.25, -0.2) is 4.68 Å². The third kappa shape index (κ3) is 5.99. The van der Waals surface area contributed by atoms with Crippen LogP contribution in [0.15, 0.2) is 42.7 Å². The maximum Gasteiger partial charge on any atom is 0.220 e. The van der Waals surface area contributed by atoms with Crippen molar-refractivity contribution in [3.63, 3.8) is 0 Å². The van der Waals surface area contributed by atoms with Crippen LogP contribution in [0.5, 0.6) is 0 Å². The third-order valence-electron chi connectivity index (χ3n) is 4.85. The summed E-state index contributed by atoms with van der Waals surface area (Å²) in [6.45, 7) is 1.43. The van der Waals surface area contributed by atoms with E-state index in [4.69, 9.17) is 4.74 Å². The predicted octanol–water partition coefficient (Wildman–Crippen LogP) is 3.66. The van der Waals surface area contributed by atoms with Crippen molar-refractivity contribution in [2.75, 3.05) is 13.2 Å². The number of nitrogens with one attached hydrogen (secondary N) is 1. The van der Waals surface area contributed by atoms with E-state index >= 15 is 0 Å². The molecule has 5 nitrogen and oxygen atoms in total. The standard InChI is InChI=1S/C21H29N3O2/c25-21(22-14-7-15-26-20-10-5-2-6-11-20)13-12-18-16-23-24(17-18)19-8-3-1-4-9-19/h1,3-4,8-9,16-17,20H,2,5-7,10-15H2,(H,22,25). The molecule has 0 radical (unpaired) electrons. The zero-order valence-electron chi connectivity index (χ0n) is 15.4. The molecule has 1 saturated carbocycles. The van der Waals surface area contributed by atoms with Crippen molar-refractivity contribution in [3.05, 3.63) is 48.3 Å². The van der Waals surface area contributed by atoms with Crippen LogP contribution in [0, 0.1) is 0 Å². The number of aromatic nitrogens is 2. The Labute approximate surface area is 155 Å². The Morgan fingerprint density at radius 1 is 1.19 bits per heavy atom. The number of amides is 1. The lowest BCUT2D eigenvalue weighted by Gasteiger charge is -2.21. The summed E-state index contributed by atoms with van der Waals surface area (Å²) in [5.41, 5.74) is 2.10. The van der Waals surface area contributed by atoms with Crippen LogP contribution < -0.4 is 5.32 Å². The van der Waals surface area contributed by atoms with Gasteiger partial charge in [0, 0.05) is 25.8 Å². The monoisotopic (exact) mass is 355 g/mol. The van der Waals surface area contributed by atoms with E-state index in [-0.39, 0.29) is 5.91 Å². The molecule has 0 spiro atoms. The van der Waals surface area contributed by atoms with Crippen LogP contribution in [0.2, 0.25) is 0 Å². The van der Waals surface area contributed by atoms with Gasteiger partial charge in [-0.15, -0.1) is 0 Å². The highest BCUT2D eigenvalue weighted by molar-refractivity contribution is 5.76. The van der Waals surface area contributed by atoms with Gasteiger partial charge >= 0.3 is 0 Å². The van der Waals surface area contributed by atoms with Crippen LogP contribution in [-0.2, 0) is 16.0 Å². The van der Waals surface area contributed by atoms with Gasteiger partial charge in [-0.05, 0) is 43.4 Å². The molecule has 1 aliphatic rings. The summed E-state index contributed by atoms with van der Waals surface area (Å²) < 4.78 is 7.72. The first-order valence-electron chi connectivity index (χ1n) is 9.78. The quantitative estimate of drug-likeness (QED) is 0.699. The first-order valence-corrected chi connectivity index (χ1v) is 9.78. The lowest BCUT2D eigenvalue weighted by atomic mass is 9.98. The lowest BCUT2D eigenvalue weighted by Crippen LogP contribution is -2.26. The number of aryl methyl sites for hydroxylation is 1. The molecule has 3 rings (SSSR count). The zero-order chi connectivity index (χ0) is 18.0. The van der Waals surface area contributed by atoms with Crippen LogP contribution in [0.1, 0.15) is 50.5 Å². The minimum absolute atomic E-state index is 0.0927. The van der Waals surface area contributed by atoms with E-state index in [1.54, 1.807) is 0 Å². The van der Waals surface area contributed by atoms with Crippen LogP contribution >= 0.6 is 0 Å². The summed E-state index contributed by atoms with van der Waals surface area (Å²) in [7, 11) is 0. The van der Waals surface area contributed by atoms with Crippen LogP contribution in [-0.4, -0.2) is 34.9 Å². The topological polar surface area (TPSA) is 56.2 Å². The summed E-state index contributed by atoms with van der Waals surface area (Å²) in [5.74, 6) is 0.0927. The average molecular weight is 355 g/mol. The molecule has 5 heteroatoms. The summed E-state index contributed by atoms with van der Waals surface area (Å²) in [6.07, 6.45) is 12.7. The van der Waals surface area contributed by atoms with Gasteiger partial charge < -0.3 is 10.1 Å². The van der Waals surface area contributed by atoms with Gasteiger partial charge in [0.1, 0.15) is 0 Å². The predicted molar refractivity (Wildman–Crippen MR) is 102 cm³/mol. The SMILES string of the molecule is O=C(CCc1cnn(-c2ccccc2)c1)NCCCOC1CCCCC1. The molecule has 0 atom stereocenters. The lowest BCUT2D eigenvalue weighted by molar-refractivity contribution is -0.121. The van der Waals surface area contributed by atoms with E-state index in [0.717, 1.165) is 24.3 Å². The van der Waals surface area contributed by atoms with Crippen LogP contribution in [0.25, 0.3) is 5.69 Å². The van der Waals surface area contributed by atoms with E-state index in [1.807, 2.05) is 47.4 Å². The van der Waals surface area contributed by atoms with Crippen molar-refractivity contribution in [2.45, 2.75) is 57.5 Å². The fraction of sp³-hybridized carbons (Fsp3) is 0.524. The number of nitrogens with zero attached hydrogens (tertiary/aromatic N) is 2. The van der Waals surface area contributed by atoms with Gasteiger partial charge in [-0.1, -0.05) is 37.5 Å². The minimum atomic E-state index is 0.0927. The van der Waals surface area contributed by atoms with E-state index in [9.17, 15) is 4.79 Å². The van der Waals surface area contributed by atoms with Crippen molar-refractivity contribution < 1.29 is 9.53 Å². The summed E-state index contributed by atoms with van der Waals surface area (Å²) in [6, 6.07) is 9.99. The Balaban J connectivity index is 1.29. The zero-order valence-corrected chi connectivity index (χ0v) is 15.4. The third-order valence-corrected chi connectivity index (χ3v) is 4.85. The second-order valence-electron chi connectivity index (χ2n) is 6.96. The van der Waals surface area contributed by atoms with Crippen molar-refractivity contribution >= 4 is 5.91 Å². The molecule has 1 aromatic carbocycles. The number of hydrogen-bond acceptors (Lipinski definition) is 3. The molecular weight excluding hydrogens is 326 g/mol. The van der Waals surface area contributed by atoms with Crippen molar-refractivity contribution in [1.29, 1.82) is 0 Å². The molecule has 1 heterocycles. The largest absolute Gasteiger partial charge is 0.378 e. The minimum Gasteiger partial charge on any atom is -0.378 e. The molecule has 0 saturated heterocycles. The van der Waals surface area contributed by atoms with E-state index < -0.39 is 0 Å². The Morgan fingerprint density at radius 2 is 2.00 bits per heavy atom. The van der Waals surface area contributed by atoms with E-state index in [1.165, 1.54) is 32.1 Å². The first-order chi connectivity index (χ1) is 12.8. The second-order valence-corrected chi connectivity index (χ2v) is 6.96. The number of ether oxygens (including phenoxy) is 1. The van der Waals surface area contributed by atoms with Crippen LogP contribution in [0.3, 0.4) is 0 Å². The van der Waals surface area contributed by atoms with Gasteiger partial charge in [0.2, 0.25) is 5.91 Å². The van der Waals surface area contributed by atoms with Crippen molar-refractivity contribution in [3.8, 4) is 5.69 Å². The molecule has 0 unspecified atom stereocenters. The highest BCUT2D eigenvalue weighted by atomic mass is 16.5. The number of para-hydroxylation sites is 1. The van der Waals surface area contributed by atoms with Crippen molar-refractivity contribution in [1.82, 2.24) is 15.1 Å². The normalized spacial score (nSPS) is 15.1. The molecular formula is C21H29N3O2. The molecule has 0 bridgehead atoms. The Hall–Kier alpha value is -2.14. The smallest absolute Gasteiger partial charge is 0.220 e. The van der Waals surface area contributed by atoms with E-state index in [2.05, 4.69) is 10.4 Å². The molecule has 26 heavy (non-hydrogen) atoms. The maximum absolute atomic E-state index is 12.0. The van der Waals surface area contributed by atoms with Crippen molar-refractivity contribution in [2.24, 2.45) is 0 Å². The molecule has 1 N–H and O–H groups in total. The Morgan fingerprint density at radius 3 is 2.81 bits per heavy atom. The maximum atomic E-state index is 12.0. The molecule has 1 fully saturated rings. The van der Waals surface area contributed by atoms with Crippen LogP contribution in [0.4, 0.5) is 0 Å². The summed E-state index contributed by atoms with van der Waals surface area (Å²) >= 11 is 0. The molecule has 1 aliphatic carbocycles. The first kappa shape index (κ1) is 18.6. The second kappa shape index (κ2) is 10.1. The highest BCUT2D eigenvalue weighted by Crippen LogP contribution is 2.20. The summed E-state index contributed by atoms with van der Waals surface area (Å²) in [5, 5.41) is 7.35. The molecule has 140 valence electrons. The summed E-state index contributed by atoms with van der Waals surface area (Å²) in [4.78, 5) is 12.0. The average Bonchev–Trinajstić information content (AvgIpc) is 3.17. The fourth-order valence-electron chi connectivity index (χ4n) is 3.34. The van der Waals surface area contributed by atoms with Gasteiger partial charge in [0.05, 0.1) is 18.0 Å². The highest BCUT2D eigenvalue weighted by Gasteiger charge is 2.13. The van der Waals surface area contributed by atoms with Gasteiger partial charge in [0.15, 0.2) is 0 Å². The number of hydrogen-bond donors (Lipinski definition) is 1. The molecule has 1 amide bonds. The molecule has 0 aliphatic heterocycles. The molecule has 2 aromatic rings.